The molecule has 19 heavy (non-hydrogen) atoms. The molecule has 1 heteroatoms. The highest BCUT2D eigenvalue weighted by atomic mass is 32.1. The van der Waals surface area contributed by atoms with Crippen molar-refractivity contribution in [2.24, 2.45) is 5.92 Å². The van der Waals surface area contributed by atoms with Gasteiger partial charge in [-0.2, -0.15) is 12.6 Å². The average Bonchev–Trinajstić information content (AvgIpc) is 2.42. The fourth-order valence-electron chi connectivity index (χ4n) is 2.51. The first-order chi connectivity index (χ1) is 9.19. The molecule has 1 unspecified atom stereocenters. The van der Waals surface area contributed by atoms with Crippen LogP contribution in [0, 0.1) is 5.92 Å². The molecular weight excluding hydrogens is 248 g/mol. The summed E-state index contributed by atoms with van der Waals surface area (Å²) in [6.45, 7) is 10.9. The molecule has 0 spiro atoms. The summed E-state index contributed by atoms with van der Waals surface area (Å²) in [7, 11) is 0. The molecule has 110 valence electrons. The van der Waals surface area contributed by atoms with Gasteiger partial charge in [0, 0.05) is 0 Å². The Balaban J connectivity index is 0.00000154. The summed E-state index contributed by atoms with van der Waals surface area (Å²) in [6.07, 6.45) is 4.90. The van der Waals surface area contributed by atoms with Crippen LogP contribution in [0.15, 0.2) is 24.3 Å². The van der Waals surface area contributed by atoms with Crippen LogP contribution >= 0.6 is 12.6 Å². The minimum Gasteiger partial charge on any atom is -0.179 e. The van der Waals surface area contributed by atoms with E-state index in [4.69, 9.17) is 0 Å². The Hall–Kier alpha value is -0.430. The van der Waals surface area contributed by atoms with E-state index in [9.17, 15) is 0 Å². The number of benzene rings is 1. The van der Waals surface area contributed by atoms with Crippen molar-refractivity contribution in [1.82, 2.24) is 0 Å². The molecule has 0 fully saturated rings. The van der Waals surface area contributed by atoms with E-state index in [-0.39, 0.29) is 0 Å². The fourth-order valence-corrected chi connectivity index (χ4v) is 2.74. The SMILES string of the molecule is CC.CCC(c1cccc(CCCCS)c1)C(C)C. The highest BCUT2D eigenvalue weighted by Crippen LogP contribution is 2.28. The van der Waals surface area contributed by atoms with Crippen LogP contribution in [0.2, 0.25) is 0 Å². The standard InChI is InChI=1S/C16H26S.C2H6/c1-4-16(13(2)3)15-10-7-9-14(12-15)8-5-6-11-17;1-2/h7,9-10,12-13,16-17H,4-6,8,11H2,1-3H3;1-2H3. The molecule has 0 heterocycles. The fraction of sp³-hybridized carbons (Fsp3) is 0.667. The lowest BCUT2D eigenvalue weighted by molar-refractivity contribution is 0.485. The molecule has 1 aromatic carbocycles. The predicted octanol–water partition coefficient (Wildman–Crippen LogP) is 6.11. The van der Waals surface area contributed by atoms with E-state index in [0.717, 1.165) is 11.7 Å². The molecule has 1 rings (SSSR count). The van der Waals surface area contributed by atoms with Crippen molar-refractivity contribution in [3.05, 3.63) is 35.4 Å². The van der Waals surface area contributed by atoms with Crippen LogP contribution in [0.25, 0.3) is 0 Å². The van der Waals surface area contributed by atoms with Gasteiger partial charge in [0.1, 0.15) is 0 Å². The largest absolute Gasteiger partial charge is 0.179 e. The summed E-state index contributed by atoms with van der Waals surface area (Å²) < 4.78 is 0. The third-order valence-corrected chi connectivity index (χ3v) is 3.81. The Kier molecular flexibility index (Phi) is 11.1. The van der Waals surface area contributed by atoms with Gasteiger partial charge in [0.15, 0.2) is 0 Å². The van der Waals surface area contributed by atoms with Gasteiger partial charge in [0.05, 0.1) is 0 Å². The second-order valence-corrected chi connectivity index (χ2v) is 5.63. The maximum Gasteiger partial charge on any atom is -0.00978 e. The van der Waals surface area contributed by atoms with Crippen molar-refractivity contribution in [2.75, 3.05) is 5.75 Å². The minimum atomic E-state index is 0.708. The molecule has 1 atom stereocenters. The van der Waals surface area contributed by atoms with Crippen LogP contribution in [0.5, 0.6) is 0 Å². The number of aryl methyl sites for hydroxylation is 1. The first-order valence-electron chi connectivity index (χ1n) is 7.88. The molecule has 0 aliphatic heterocycles. The van der Waals surface area contributed by atoms with Crippen LogP contribution in [-0.4, -0.2) is 5.75 Å². The van der Waals surface area contributed by atoms with Gasteiger partial charge in [-0.1, -0.05) is 58.9 Å². The van der Waals surface area contributed by atoms with Crippen LogP contribution < -0.4 is 0 Å². The number of hydrogen-bond acceptors (Lipinski definition) is 1. The van der Waals surface area contributed by atoms with E-state index < -0.39 is 0 Å². The number of rotatable bonds is 7. The summed E-state index contributed by atoms with van der Waals surface area (Å²) in [5.74, 6) is 2.44. The zero-order valence-electron chi connectivity index (χ0n) is 13.4. The van der Waals surface area contributed by atoms with Crippen LogP contribution in [0.3, 0.4) is 0 Å². The van der Waals surface area contributed by atoms with Gasteiger partial charge in [-0.05, 0) is 54.4 Å². The molecule has 0 radical (unpaired) electrons. The van der Waals surface area contributed by atoms with Gasteiger partial charge in [-0.25, -0.2) is 0 Å². The maximum absolute atomic E-state index is 4.26. The van der Waals surface area contributed by atoms with Gasteiger partial charge >= 0.3 is 0 Å². The monoisotopic (exact) mass is 280 g/mol. The predicted molar refractivity (Wildman–Crippen MR) is 92.5 cm³/mol. The van der Waals surface area contributed by atoms with E-state index in [1.54, 1.807) is 0 Å². The highest BCUT2D eigenvalue weighted by Gasteiger charge is 2.13. The molecule has 0 aliphatic carbocycles. The Morgan fingerprint density at radius 3 is 2.32 bits per heavy atom. The summed E-state index contributed by atoms with van der Waals surface area (Å²) >= 11 is 4.26. The van der Waals surface area contributed by atoms with Crippen molar-refractivity contribution in [3.63, 3.8) is 0 Å². The average molecular weight is 281 g/mol. The third-order valence-electron chi connectivity index (χ3n) is 3.50. The van der Waals surface area contributed by atoms with Gasteiger partial charge in [-0.3, -0.25) is 0 Å². The zero-order chi connectivity index (χ0) is 14.7. The van der Waals surface area contributed by atoms with Gasteiger partial charge in [0.2, 0.25) is 0 Å². The van der Waals surface area contributed by atoms with Crippen molar-refractivity contribution in [1.29, 1.82) is 0 Å². The maximum atomic E-state index is 4.26. The molecule has 1 aromatic rings. The first-order valence-corrected chi connectivity index (χ1v) is 8.52. The second kappa shape index (κ2) is 11.4. The topological polar surface area (TPSA) is 0 Å². The van der Waals surface area contributed by atoms with Crippen LogP contribution in [0.1, 0.15) is 70.9 Å². The second-order valence-electron chi connectivity index (χ2n) is 5.18. The molecule has 0 nitrogen and oxygen atoms in total. The molecular formula is C18H32S. The van der Waals surface area contributed by atoms with Crippen molar-refractivity contribution in [2.45, 2.75) is 66.2 Å². The number of hydrogen-bond donors (Lipinski definition) is 1. The lowest BCUT2D eigenvalue weighted by Crippen LogP contribution is -2.05. The van der Waals surface area contributed by atoms with Crippen molar-refractivity contribution < 1.29 is 0 Å². The molecule has 0 amide bonds. The smallest absolute Gasteiger partial charge is 0.00978 e. The van der Waals surface area contributed by atoms with Gasteiger partial charge in [0.25, 0.3) is 0 Å². The summed E-state index contributed by atoms with van der Waals surface area (Å²) in [4.78, 5) is 0. The van der Waals surface area contributed by atoms with E-state index >= 15 is 0 Å². The molecule has 0 aliphatic rings. The molecule has 0 bridgehead atoms. The lowest BCUT2D eigenvalue weighted by atomic mass is 9.85. The summed E-state index contributed by atoms with van der Waals surface area (Å²) in [5, 5.41) is 0. The molecule has 0 N–H and O–H groups in total. The van der Waals surface area contributed by atoms with Crippen molar-refractivity contribution in [3.8, 4) is 0 Å². The van der Waals surface area contributed by atoms with E-state index in [1.165, 1.54) is 36.8 Å². The Bertz CT molecular complexity index is 317. The van der Waals surface area contributed by atoms with Crippen LogP contribution in [-0.2, 0) is 6.42 Å². The Morgan fingerprint density at radius 1 is 1.11 bits per heavy atom. The van der Waals surface area contributed by atoms with Gasteiger partial charge in [-0.15, -0.1) is 0 Å². The van der Waals surface area contributed by atoms with Crippen molar-refractivity contribution >= 4 is 12.6 Å². The number of unbranched alkanes of at least 4 members (excludes halogenated alkanes) is 1. The summed E-state index contributed by atoms with van der Waals surface area (Å²) in [6, 6.07) is 9.18. The quantitative estimate of drug-likeness (QED) is 0.452. The Morgan fingerprint density at radius 2 is 1.79 bits per heavy atom. The summed E-state index contributed by atoms with van der Waals surface area (Å²) in [5.41, 5.74) is 3.01. The zero-order valence-corrected chi connectivity index (χ0v) is 14.3. The van der Waals surface area contributed by atoms with Crippen LogP contribution in [0.4, 0.5) is 0 Å². The number of thiol groups is 1. The first kappa shape index (κ1) is 18.6. The molecule has 0 saturated heterocycles. The van der Waals surface area contributed by atoms with E-state index in [2.05, 4.69) is 57.7 Å². The van der Waals surface area contributed by atoms with E-state index in [0.29, 0.717) is 5.92 Å². The minimum absolute atomic E-state index is 0.708. The lowest BCUT2D eigenvalue weighted by Gasteiger charge is -2.20. The third kappa shape index (κ3) is 7.06. The Labute approximate surface area is 126 Å². The van der Waals surface area contributed by atoms with E-state index in [1.807, 2.05) is 13.8 Å². The molecule has 0 aromatic heterocycles. The highest BCUT2D eigenvalue weighted by molar-refractivity contribution is 7.80. The normalized spacial score (nSPS) is 11.9. The molecule has 0 saturated carbocycles. The van der Waals surface area contributed by atoms with Gasteiger partial charge < -0.3 is 0 Å².